The van der Waals surface area contributed by atoms with Gasteiger partial charge in [0.25, 0.3) is 0 Å². The van der Waals surface area contributed by atoms with Crippen molar-refractivity contribution in [3.05, 3.63) is 18.1 Å². The third kappa shape index (κ3) is 9.64. The molecule has 0 spiro atoms. The van der Waals surface area contributed by atoms with Crippen molar-refractivity contribution in [2.45, 2.75) is 85.2 Å². The van der Waals surface area contributed by atoms with Crippen LogP contribution in [-0.2, 0) is 9.53 Å². The number of carbonyl (C=O) groups excluding carboxylic acids is 2. The summed E-state index contributed by atoms with van der Waals surface area (Å²) in [5.41, 5.74) is 2.32. The summed E-state index contributed by atoms with van der Waals surface area (Å²) in [7, 11) is 0. The predicted molar refractivity (Wildman–Crippen MR) is 126 cm³/mol. The lowest BCUT2D eigenvalue weighted by atomic mass is 9.87. The number of ether oxygens (including phenoxy) is 1. The molecule has 33 heavy (non-hydrogen) atoms. The number of hydrogen-bond acceptors (Lipinski definition) is 7. The fourth-order valence-corrected chi connectivity index (χ4v) is 3.90. The number of aromatic nitrogens is 2. The minimum atomic E-state index is -0.528. The van der Waals surface area contributed by atoms with Crippen molar-refractivity contribution < 1.29 is 14.3 Å². The van der Waals surface area contributed by atoms with Gasteiger partial charge in [-0.2, -0.15) is 10.2 Å². The summed E-state index contributed by atoms with van der Waals surface area (Å²) in [6.07, 6.45) is 7.76. The Morgan fingerprint density at radius 1 is 1.21 bits per heavy atom. The number of nitriles is 1. The summed E-state index contributed by atoms with van der Waals surface area (Å²) < 4.78 is 5.27. The maximum absolute atomic E-state index is 12.9. The third-order valence-electron chi connectivity index (χ3n) is 5.52. The van der Waals surface area contributed by atoms with E-state index in [0.717, 1.165) is 38.5 Å². The van der Waals surface area contributed by atoms with Gasteiger partial charge in [-0.25, -0.2) is 9.78 Å². The van der Waals surface area contributed by atoms with E-state index >= 15 is 0 Å². The average molecular weight is 459 g/mol. The Kier molecular flexibility index (Phi) is 9.44. The van der Waals surface area contributed by atoms with Crippen LogP contribution >= 0.6 is 0 Å². The average Bonchev–Trinajstić information content (AvgIpc) is 2.75. The normalized spacial score (nSPS) is 14.8. The third-order valence-corrected chi connectivity index (χ3v) is 5.52. The number of nitrogens with zero attached hydrogens (tertiary/aromatic N) is 4. The van der Waals surface area contributed by atoms with Gasteiger partial charge in [-0.15, -0.1) is 0 Å². The Bertz CT molecular complexity index is 837. The zero-order chi connectivity index (χ0) is 24.5. The van der Waals surface area contributed by atoms with Gasteiger partial charge in [0, 0.05) is 31.3 Å². The van der Waals surface area contributed by atoms with Crippen molar-refractivity contribution >= 4 is 17.8 Å². The second kappa shape index (κ2) is 11.8. The number of hydrazine groups is 1. The van der Waals surface area contributed by atoms with Crippen LogP contribution in [0.5, 0.6) is 0 Å². The quantitative estimate of drug-likeness (QED) is 0.422. The summed E-state index contributed by atoms with van der Waals surface area (Å²) in [5.74, 6) is 0.545. The number of carbonyl (C=O) groups is 2. The van der Waals surface area contributed by atoms with Gasteiger partial charge in [0.05, 0.1) is 0 Å². The minimum absolute atomic E-state index is 0.000310. The maximum atomic E-state index is 12.9. The van der Waals surface area contributed by atoms with Crippen molar-refractivity contribution in [2.24, 2.45) is 11.3 Å². The summed E-state index contributed by atoms with van der Waals surface area (Å²) in [6, 6.07) is 3.65. The van der Waals surface area contributed by atoms with Crippen LogP contribution in [-0.4, -0.2) is 40.7 Å². The maximum Gasteiger partial charge on any atom is 0.407 e. The number of hydrogen-bond donors (Lipinski definition) is 2. The van der Waals surface area contributed by atoms with Crippen LogP contribution in [0.3, 0.4) is 0 Å². The molecule has 2 rings (SSSR count). The Balaban J connectivity index is 2.00. The predicted octanol–water partition coefficient (Wildman–Crippen LogP) is 4.10. The molecule has 0 unspecified atom stereocenters. The van der Waals surface area contributed by atoms with Gasteiger partial charge in [0.1, 0.15) is 11.7 Å². The van der Waals surface area contributed by atoms with Crippen LogP contribution in [0, 0.1) is 22.7 Å². The van der Waals surface area contributed by atoms with E-state index in [0.29, 0.717) is 18.9 Å². The molecule has 0 radical (unpaired) electrons. The Morgan fingerprint density at radius 2 is 1.91 bits per heavy atom. The SMILES string of the molecule is CC(C)(CCCNC(=O)OC(C)(C)C)CN(NC(=O)C1CCCCC1)c1ccnc(C#N)n1. The van der Waals surface area contributed by atoms with Crippen LogP contribution in [0.15, 0.2) is 12.3 Å². The number of amides is 2. The highest BCUT2D eigenvalue weighted by Gasteiger charge is 2.28. The zero-order valence-corrected chi connectivity index (χ0v) is 20.6. The fraction of sp³-hybridized carbons (Fsp3) is 0.708. The number of rotatable bonds is 9. The van der Waals surface area contributed by atoms with Gasteiger partial charge in [-0.3, -0.25) is 15.2 Å². The highest BCUT2D eigenvalue weighted by atomic mass is 16.6. The molecule has 182 valence electrons. The number of nitrogens with one attached hydrogen (secondary N) is 2. The topological polar surface area (TPSA) is 120 Å². The minimum Gasteiger partial charge on any atom is -0.444 e. The second-order valence-electron chi connectivity index (χ2n) is 10.4. The second-order valence-corrected chi connectivity index (χ2v) is 10.4. The first kappa shape index (κ1) is 26.4. The van der Waals surface area contributed by atoms with Gasteiger partial charge in [-0.1, -0.05) is 33.1 Å². The first-order chi connectivity index (χ1) is 15.5. The van der Waals surface area contributed by atoms with Crippen molar-refractivity contribution in [3.8, 4) is 6.07 Å². The van der Waals surface area contributed by atoms with E-state index in [-0.39, 0.29) is 23.1 Å². The molecule has 1 aliphatic carbocycles. The molecule has 0 bridgehead atoms. The monoisotopic (exact) mass is 458 g/mol. The summed E-state index contributed by atoms with van der Waals surface area (Å²) >= 11 is 0. The number of alkyl carbamates (subject to hydrolysis) is 1. The van der Waals surface area contributed by atoms with Gasteiger partial charge >= 0.3 is 6.09 Å². The molecular weight excluding hydrogens is 420 g/mol. The Labute approximate surface area is 197 Å². The molecule has 0 saturated heterocycles. The van der Waals surface area contributed by atoms with Crippen molar-refractivity contribution in [1.82, 2.24) is 20.7 Å². The lowest BCUT2D eigenvalue weighted by molar-refractivity contribution is -0.126. The largest absolute Gasteiger partial charge is 0.444 e. The van der Waals surface area contributed by atoms with Crippen LogP contribution < -0.4 is 15.8 Å². The molecule has 0 aliphatic heterocycles. The molecule has 1 saturated carbocycles. The standard InChI is InChI=1S/C24H38N6O3/c1-23(2,3)33-22(32)27-14-9-13-24(4,5)17-30(20-12-15-26-19(16-25)28-20)29-21(31)18-10-7-6-8-11-18/h12,15,18H,6-11,13-14,17H2,1-5H3,(H,27,32)(H,29,31). The number of anilines is 1. The molecule has 1 aromatic heterocycles. The summed E-state index contributed by atoms with van der Waals surface area (Å²) in [4.78, 5) is 33.0. The fourth-order valence-electron chi connectivity index (χ4n) is 3.90. The molecule has 1 fully saturated rings. The zero-order valence-electron chi connectivity index (χ0n) is 20.6. The van der Waals surface area contributed by atoms with E-state index in [2.05, 4.69) is 34.6 Å². The van der Waals surface area contributed by atoms with Gasteiger partial charge in [0.2, 0.25) is 11.7 Å². The highest BCUT2D eigenvalue weighted by Crippen LogP contribution is 2.27. The molecule has 2 N–H and O–H groups in total. The smallest absolute Gasteiger partial charge is 0.407 e. The van der Waals surface area contributed by atoms with E-state index in [1.807, 2.05) is 26.8 Å². The molecule has 2 amide bonds. The van der Waals surface area contributed by atoms with E-state index in [1.165, 1.54) is 12.6 Å². The van der Waals surface area contributed by atoms with E-state index in [1.54, 1.807) is 11.1 Å². The molecule has 1 heterocycles. The van der Waals surface area contributed by atoms with Crippen molar-refractivity contribution in [1.29, 1.82) is 5.26 Å². The molecule has 1 aliphatic rings. The van der Waals surface area contributed by atoms with Crippen LogP contribution in [0.4, 0.5) is 10.6 Å². The van der Waals surface area contributed by atoms with E-state index in [9.17, 15) is 14.9 Å². The molecule has 1 aromatic rings. The van der Waals surface area contributed by atoms with E-state index < -0.39 is 11.7 Å². The Morgan fingerprint density at radius 3 is 2.55 bits per heavy atom. The van der Waals surface area contributed by atoms with Crippen molar-refractivity contribution in [2.75, 3.05) is 18.1 Å². The summed E-state index contributed by atoms with van der Waals surface area (Å²) in [6.45, 7) is 10.7. The van der Waals surface area contributed by atoms with Gasteiger partial charge in [-0.05, 0) is 51.9 Å². The summed E-state index contributed by atoms with van der Waals surface area (Å²) in [5, 5.41) is 13.7. The van der Waals surface area contributed by atoms with Crippen LogP contribution in [0.1, 0.15) is 85.4 Å². The molecule has 0 aromatic carbocycles. The first-order valence-corrected chi connectivity index (χ1v) is 11.8. The lowest BCUT2D eigenvalue weighted by Gasteiger charge is -2.35. The van der Waals surface area contributed by atoms with Gasteiger partial charge < -0.3 is 10.1 Å². The van der Waals surface area contributed by atoms with Gasteiger partial charge in [0.15, 0.2) is 5.82 Å². The molecule has 9 nitrogen and oxygen atoms in total. The lowest BCUT2D eigenvalue weighted by Crippen LogP contribution is -2.50. The molecular formula is C24H38N6O3. The first-order valence-electron chi connectivity index (χ1n) is 11.8. The van der Waals surface area contributed by atoms with Crippen molar-refractivity contribution in [3.63, 3.8) is 0 Å². The van der Waals surface area contributed by atoms with Crippen LogP contribution in [0.2, 0.25) is 0 Å². The van der Waals surface area contributed by atoms with Crippen LogP contribution in [0.25, 0.3) is 0 Å². The molecule has 0 atom stereocenters. The Hall–Kier alpha value is -2.89. The van der Waals surface area contributed by atoms with E-state index in [4.69, 9.17) is 4.74 Å². The molecule has 9 heteroatoms. The highest BCUT2D eigenvalue weighted by molar-refractivity contribution is 5.80.